The Morgan fingerprint density at radius 3 is 2.55 bits per heavy atom. The van der Waals surface area contributed by atoms with E-state index in [0.717, 1.165) is 36.8 Å². The highest BCUT2D eigenvalue weighted by atomic mass is 32.1. The van der Waals surface area contributed by atoms with E-state index >= 15 is 0 Å². The van der Waals surface area contributed by atoms with Crippen molar-refractivity contribution in [1.29, 1.82) is 0 Å². The van der Waals surface area contributed by atoms with Crippen LogP contribution in [0.5, 0.6) is 5.75 Å². The lowest BCUT2D eigenvalue weighted by molar-refractivity contribution is 0.0280. The molecule has 5 rings (SSSR count). The molecule has 0 atom stereocenters. The van der Waals surface area contributed by atoms with E-state index in [9.17, 15) is 5.11 Å². The highest BCUT2D eigenvalue weighted by molar-refractivity contribution is 7.13. The van der Waals surface area contributed by atoms with Gasteiger partial charge in [-0.2, -0.15) is 0 Å². The molecule has 6 nitrogen and oxygen atoms in total. The Labute approximate surface area is 190 Å². The molecule has 2 saturated heterocycles. The Morgan fingerprint density at radius 2 is 1.90 bits per heavy atom. The van der Waals surface area contributed by atoms with E-state index in [4.69, 9.17) is 4.74 Å². The Balaban J connectivity index is 0.000000156. The second kappa shape index (κ2) is 9.84. The minimum atomic E-state index is -0.790. The lowest BCUT2D eigenvalue weighted by Crippen LogP contribution is -2.55. The third kappa shape index (κ3) is 5.96. The summed E-state index contributed by atoms with van der Waals surface area (Å²) in [7, 11) is 0. The number of anilines is 1. The van der Waals surface area contributed by atoms with Crippen LogP contribution in [0, 0.1) is 5.41 Å². The lowest BCUT2D eigenvalue weighted by atomic mass is 9.79. The van der Waals surface area contributed by atoms with Gasteiger partial charge in [-0.15, -0.1) is 10.2 Å². The summed E-state index contributed by atoms with van der Waals surface area (Å²) >= 11 is 1.65. The average molecular weight is 445 g/mol. The second-order valence-corrected chi connectivity index (χ2v) is 10.8. The number of aliphatic hydroxyl groups is 1. The van der Waals surface area contributed by atoms with E-state index < -0.39 is 5.60 Å². The molecule has 0 unspecified atom stereocenters. The third-order valence-corrected chi connectivity index (χ3v) is 7.37. The van der Waals surface area contributed by atoms with E-state index in [1.165, 1.54) is 44.3 Å². The molecular formula is C24H36N4O2S. The van der Waals surface area contributed by atoms with Crippen LogP contribution in [-0.2, 0) is 0 Å². The van der Waals surface area contributed by atoms with Crippen LogP contribution in [0.15, 0.2) is 29.8 Å². The van der Waals surface area contributed by atoms with Gasteiger partial charge in [-0.3, -0.25) is 0 Å². The van der Waals surface area contributed by atoms with Gasteiger partial charge in [0.15, 0.2) is 0 Å². The molecule has 1 aliphatic carbocycles. The first-order valence-corrected chi connectivity index (χ1v) is 12.5. The quantitative estimate of drug-likeness (QED) is 0.719. The van der Waals surface area contributed by atoms with E-state index in [-0.39, 0.29) is 0 Å². The molecule has 170 valence electrons. The summed E-state index contributed by atoms with van der Waals surface area (Å²) in [6.07, 6.45) is 8.05. The third-order valence-electron chi connectivity index (χ3n) is 6.61. The molecule has 2 aromatic rings. The van der Waals surface area contributed by atoms with Crippen LogP contribution < -0.4 is 15.0 Å². The van der Waals surface area contributed by atoms with E-state index in [0.29, 0.717) is 17.9 Å². The number of hydrogen-bond donors (Lipinski definition) is 2. The fourth-order valence-electron chi connectivity index (χ4n) is 4.98. The number of nitrogens with one attached hydrogen (secondary N) is 1. The van der Waals surface area contributed by atoms with Crippen molar-refractivity contribution in [3.8, 4) is 5.75 Å². The van der Waals surface area contributed by atoms with Crippen molar-refractivity contribution in [2.45, 2.75) is 63.9 Å². The summed E-state index contributed by atoms with van der Waals surface area (Å²) in [5.41, 5.74) is 2.98. The van der Waals surface area contributed by atoms with Crippen molar-refractivity contribution in [1.82, 2.24) is 15.5 Å². The number of aromatic nitrogens is 2. The molecule has 3 heterocycles. The number of para-hydroxylation sites is 1. The summed E-state index contributed by atoms with van der Waals surface area (Å²) in [5.74, 6) is 1.50. The minimum Gasteiger partial charge on any atom is -0.490 e. The Kier molecular flexibility index (Phi) is 7.14. The molecule has 1 saturated carbocycles. The van der Waals surface area contributed by atoms with Crippen LogP contribution >= 0.6 is 11.3 Å². The molecule has 2 N–H and O–H groups in total. The Bertz CT molecular complexity index is 801. The Morgan fingerprint density at radius 1 is 1.19 bits per heavy atom. The van der Waals surface area contributed by atoms with E-state index in [1.54, 1.807) is 25.2 Å². The molecule has 1 spiro atoms. The molecular weight excluding hydrogens is 408 g/mol. The average Bonchev–Trinajstić information content (AvgIpc) is 3.44. The molecule has 1 aromatic heterocycles. The van der Waals surface area contributed by atoms with E-state index in [1.807, 2.05) is 17.6 Å². The highest BCUT2D eigenvalue weighted by Crippen LogP contribution is 2.47. The highest BCUT2D eigenvalue weighted by Gasteiger charge is 2.45. The number of rotatable bonds is 5. The predicted molar refractivity (Wildman–Crippen MR) is 126 cm³/mol. The molecule has 3 fully saturated rings. The van der Waals surface area contributed by atoms with Crippen molar-refractivity contribution in [3.63, 3.8) is 0 Å². The smallest absolute Gasteiger partial charge is 0.208 e. The zero-order chi connectivity index (χ0) is 21.7. The van der Waals surface area contributed by atoms with Gasteiger partial charge in [0.1, 0.15) is 17.9 Å². The number of benzene rings is 1. The van der Waals surface area contributed by atoms with Gasteiger partial charge in [0.25, 0.3) is 0 Å². The summed E-state index contributed by atoms with van der Waals surface area (Å²) in [6.45, 7) is 8.45. The first kappa shape index (κ1) is 22.5. The van der Waals surface area contributed by atoms with Crippen molar-refractivity contribution in [2.75, 3.05) is 37.7 Å². The van der Waals surface area contributed by atoms with Gasteiger partial charge in [0.2, 0.25) is 5.13 Å². The lowest BCUT2D eigenvalue weighted by Gasteiger charge is -2.48. The van der Waals surface area contributed by atoms with Crippen LogP contribution in [-0.4, -0.2) is 53.7 Å². The zero-order valence-electron chi connectivity index (χ0n) is 18.8. The van der Waals surface area contributed by atoms with Crippen LogP contribution in [0.4, 0.5) is 5.13 Å². The van der Waals surface area contributed by atoms with Crippen molar-refractivity contribution in [2.24, 2.45) is 5.41 Å². The van der Waals surface area contributed by atoms with E-state index in [2.05, 4.69) is 32.5 Å². The van der Waals surface area contributed by atoms with Gasteiger partial charge in [0.05, 0.1) is 5.60 Å². The SMILES string of the molecule is CC(C)(O)COc1ccccc1C1CCNCC1.c1nnc(N2CC3(CCCC3)C2)s1. The van der Waals surface area contributed by atoms with Crippen LogP contribution in [0.1, 0.15) is 63.9 Å². The van der Waals surface area contributed by atoms with Gasteiger partial charge in [-0.25, -0.2) is 0 Å². The van der Waals surface area contributed by atoms with Gasteiger partial charge >= 0.3 is 0 Å². The second-order valence-electron chi connectivity index (χ2n) is 9.95. The molecule has 2 aliphatic heterocycles. The normalized spacial score (nSPS) is 20.8. The summed E-state index contributed by atoms with van der Waals surface area (Å²) in [6, 6.07) is 8.21. The van der Waals surface area contributed by atoms with Gasteiger partial charge < -0.3 is 20.1 Å². The minimum absolute atomic E-state index is 0.328. The van der Waals surface area contributed by atoms with Crippen molar-refractivity contribution in [3.05, 3.63) is 35.3 Å². The molecule has 0 bridgehead atoms. The van der Waals surface area contributed by atoms with Gasteiger partial charge in [-0.05, 0) is 70.2 Å². The monoisotopic (exact) mass is 444 g/mol. The molecule has 1 aromatic carbocycles. The molecule has 31 heavy (non-hydrogen) atoms. The Hall–Kier alpha value is -1.70. The first-order chi connectivity index (χ1) is 14.9. The standard InChI is InChI=1S/C15H23NO2.C9H13N3S/c1-15(2,17)11-18-14-6-4-3-5-13(14)12-7-9-16-10-8-12;1-2-4-9(3-1)5-12(6-9)8-11-10-7-13-8/h3-6,12,16-17H,7-11H2,1-2H3;7H,1-6H2. The summed E-state index contributed by atoms with van der Waals surface area (Å²) < 4.78 is 5.78. The zero-order valence-corrected chi connectivity index (χ0v) is 19.7. The number of nitrogens with zero attached hydrogens (tertiary/aromatic N) is 3. The summed E-state index contributed by atoms with van der Waals surface area (Å²) in [4.78, 5) is 2.36. The fourth-order valence-corrected chi connectivity index (χ4v) is 5.54. The number of hydrogen-bond acceptors (Lipinski definition) is 7. The topological polar surface area (TPSA) is 70.5 Å². The first-order valence-electron chi connectivity index (χ1n) is 11.6. The largest absolute Gasteiger partial charge is 0.490 e. The number of ether oxygens (including phenoxy) is 1. The predicted octanol–water partition coefficient (Wildman–Crippen LogP) is 4.22. The fraction of sp³-hybridized carbons (Fsp3) is 0.667. The van der Waals surface area contributed by atoms with Gasteiger partial charge in [0, 0.05) is 18.5 Å². The van der Waals surface area contributed by atoms with Crippen molar-refractivity contribution >= 4 is 16.5 Å². The maximum Gasteiger partial charge on any atom is 0.208 e. The number of piperidine rings is 1. The van der Waals surface area contributed by atoms with Crippen LogP contribution in [0.3, 0.4) is 0 Å². The molecule has 0 radical (unpaired) electrons. The van der Waals surface area contributed by atoms with Gasteiger partial charge in [-0.1, -0.05) is 42.4 Å². The molecule has 0 amide bonds. The molecule has 7 heteroatoms. The van der Waals surface area contributed by atoms with Crippen LogP contribution in [0.2, 0.25) is 0 Å². The molecule has 3 aliphatic rings. The maximum atomic E-state index is 9.75. The van der Waals surface area contributed by atoms with Crippen LogP contribution in [0.25, 0.3) is 0 Å². The summed E-state index contributed by atoms with van der Waals surface area (Å²) in [5, 5.41) is 22.2. The maximum absolute atomic E-state index is 9.75. The van der Waals surface area contributed by atoms with Crippen molar-refractivity contribution < 1.29 is 9.84 Å².